The van der Waals surface area contributed by atoms with Gasteiger partial charge in [0.1, 0.15) is 0 Å². The Morgan fingerprint density at radius 1 is 0.476 bits per heavy atom. The van der Waals surface area contributed by atoms with E-state index in [0.717, 1.165) is 0 Å². The van der Waals surface area contributed by atoms with Gasteiger partial charge in [0.15, 0.2) is 0 Å². The third kappa shape index (κ3) is 3.25. The maximum absolute atomic E-state index is 2.22. The van der Waals surface area contributed by atoms with Crippen molar-refractivity contribution in [1.82, 2.24) is 0 Å². The van der Waals surface area contributed by atoms with Crippen molar-refractivity contribution in [3.05, 3.63) is 108 Å². The summed E-state index contributed by atoms with van der Waals surface area (Å²) in [5.74, 6) is 0. The van der Waals surface area contributed by atoms with E-state index in [1.165, 1.54) is 16.7 Å². The molecule has 0 fully saturated rings. The molecule has 0 amide bonds. The molecule has 0 aromatic heterocycles. The standard InChI is InChI=1S/C19H17As.HI/c20-19(16-10-4-1-5-11-16,17-12-6-2-7-13-17)18-14-8-3-9-15-18;/h1-15H,20H2;1H. The normalized spacial score (nSPS) is 10.7. The van der Waals surface area contributed by atoms with Crippen molar-refractivity contribution >= 4 is 40.8 Å². The molecule has 0 saturated heterocycles. The van der Waals surface area contributed by atoms with E-state index in [1.54, 1.807) is 16.9 Å². The molecule has 0 spiro atoms. The van der Waals surface area contributed by atoms with Gasteiger partial charge in [-0.05, 0) is 0 Å². The second-order valence-corrected chi connectivity index (χ2v) is 6.72. The third-order valence-electron chi connectivity index (χ3n) is 3.69. The van der Waals surface area contributed by atoms with Crippen molar-refractivity contribution in [3.8, 4) is 0 Å². The van der Waals surface area contributed by atoms with Crippen molar-refractivity contribution in [2.24, 2.45) is 0 Å². The average molecular weight is 448 g/mol. The van der Waals surface area contributed by atoms with Crippen LogP contribution in [0.2, 0.25) is 0 Å². The second-order valence-electron chi connectivity index (χ2n) is 4.91. The fourth-order valence-electron chi connectivity index (χ4n) is 2.60. The first-order chi connectivity index (χ1) is 9.82. The molecule has 3 rings (SSSR count). The molecule has 0 nitrogen and oxygen atoms in total. The molecule has 0 aliphatic heterocycles. The second kappa shape index (κ2) is 7.28. The predicted octanol–water partition coefficient (Wildman–Crippen LogP) is 4.23. The van der Waals surface area contributed by atoms with Gasteiger partial charge in [-0.3, -0.25) is 0 Å². The summed E-state index contributed by atoms with van der Waals surface area (Å²) in [6, 6.07) is 32.3. The van der Waals surface area contributed by atoms with Crippen LogP contribution in [0, 0.1) is 0 Å². The molecule has 2 heteroatoms. The van der Waals surface area contributed by atoms with Crippen LogP contribution < -0.4 is 0 Å². The minimum absolute atomic E-state index is 0. The molecule has 0 N–H and O–H groups in total. The van der Waals surface area contributed by atoms with Crippen LogP contribution in [-0.2, 0) is 4.20 Å². The van der Waals surface area contributed by atoms with Gasteiger partial charge >= 0.3 is 129 Å². The molecule has 1 unspecified atom stereocenters. The van der Waals surface area contributed by atoms with Crippen LogP contribution in [0.1, 0.15) is 16.7 Å². The van der Waals surface area contributed by atoms with Crippen LogP contribution in [-0.4, -0.2) is 16.9 Å². The number of halogens is 1. The van der Waals surface area contributed by atoms with Crippen molar-refractivity contribution in [2.45, 2.75) is 4.20 Å². The summed E-state index contributed by atoms with van der Waals surface area (Å²) in [6.45, 7) is 0. The fourth-order valence-corrected chi connectivity index (χ4v) is 3.81. The summed E-state index contributed by atoms with van der Waals surface area (Å²) in [5.41, 5.74) is 4.03. The Balaban J connectivity index is 0.00000161. The quantitative estimate of drug-likeness (QED) is 0.320. The molecule has 0 heterocycles. The Bertz CT molecular complexity index is 569. The van der Waals surface area contributed by atoms with Crippen molar-refractivity contribution in [1.29, 1.82) is 0 Å². The number of benzene rings is 3. The SMILES string of the molecule is I.[AsH2]C(c1ccccc1)(c1ccccc1)c1ccccc1. The molecule has 106 valence electrons. The van der Waals surface area contributed by atoms with E-state index in [1.807, 2.05) is 0 Å². The molecule has 0 bridgehead atoms. The van der Waals surface area contributed by atoms with Crippen LogP contribution >= 0.6 is 24.0 Å². The van der Waals surface area contributed by atoms with Gasteiger partial charge in [0.25, 0.3) is 0 Å². The molecule has 3 aromatic rings. The first-order valence-electron chi connectivity index (χ1n) is 6.77. The number of rotatable bonds is 3. The van der Waals surface area contributed by atoms with Gasteiger partial charge in [0.05, 0.1) is 0 Å². The van der Waals surface area contributed by atoms with Crippen molar-refractivity contribution in [3.63, 3.8) is 0 Å². The summed E-state index contributed by atoms with van der Waals surface area (Å²) < 4.78 is -0.0588. The van der Waals surface area contributed by atoms with Gasteiger partial charge < -0.3 is 0 Å². The average Bonchev–Trinajstić information content (AvgIpc) is 2.56. The summed E-state index contributed by atoms with van der Waals surface area (Å²) in [7, 11) is 0. The van der Waals surface area contributed by atoms with Gasteiger partial charge in [0, 0.05) is 0 Å². The molecule has 0 saturated carbocycles. The summed E-state index contributed by atoms with van der Waals surface area (Å²) in [6.07, 6.45) is 0. The monoisotopic (exact) mass is 448 g/mol. The molecule has 3 aromatic carbocycles. The topological polar surface area (TPSA) is 0 Å². The van der Waals surface area contributed by atoms with Gasteiger partial charge in [-0.2, -0.15) is 0 Å². The Labute approximate surface area is 152 Å². The first-order valence-corrected chi connectivity index (χ1v) is 7.98. The Kier molecular flexibility index (Phi) is 5.66. The molecular formula is C19H18AsI. The predicted molar refractivity (Wildman–Crippen MR) is 103 cm³/mol. The maximum atomic E-state index is 2.22. The molecule has 1 atom stereocenters. The zero-order valence-electron chi connectivity index (χ0n) is 11.6. The van der Waals surface area contributed by atoms with E-state index in [4.69, 9.17) is 0 Å². The number of hydrogen-bond acceptors (Lipinski definition) is 0. The molecule has 0 aliphatic rings. The molecule has 0 radical (unpaired) electrons. The Morgan fingerprint density at radius 3 is 0.952 bits per heavy atom. The van der Waals surface area contributed by atoms with Gasteiger partial charge in [-0.1, -0.05) is 0 Å². The van der Waals surface area contributed by atoms with E-state index < -0.39 is 0 Å². The summed E-state index contributed by atoms with van der Waals surface area (Å²) in [5, 5.41) is 0. The molecular weight excluding hydrogens is 430 g/mol. The van der Waals surface area contributed by atoms with E-state index >= 15 is 0 Å². The van der Waals surface area contributed by atoms with Gasteiger partial charge in [-0.15, -0.1) is 24.0 Å². The van der Waals surface area contributed by atoms with Crippen molar-refractivity contribution in [2.75, 3.05) is 0 Å². The van der Waals surface area contributed by atoms with Crippen LogP contribution in [0.3, 0.4) is 0 Å². The van der Waals surface area contributed by atoms with Gasteiger partial charge in [0.2, 0.25) is 0 Å². The van der Waals surface area contributed by atoms with Crippen molar-refractivity contribution < 1.29 is 0 Å². The van der Waals surface area contributed by atoms with Crippen LogP contribution in [0.25, 0.3) is 0 Å². The molecule has 21 heavy (non-hydrogen) atoms. The van der Waals surface area contributed by atoms with E-state index in [-0.39, 0.29) is 28.2 Å². The van der Waals surface area contributed by atoms with E-state index in [0.29, 0.717) is 0 Å². The zero-order chi connectivity index (χ0) is 13.8. The first kappa shape index (κ1) is 16.3. The van der Waals surface area contributed by atoms with Gasteiger partial charge in [-0.25, -0.2) is 0 Å². The van der Waals surface area contributed by atoms with E-state index in [2.05, 4.69) is 91.0 Å². The zero-order valence-corrected chi connectivity index (χ0v) is 16.4. The fraction of sp³-hybridized carbons (Fsp3) is 0.0526. The van der Waals surface area contributed by atoms with E-state index in [9.17, 15) is 0 Å². The van der Waals surface area contributed by atoms with Crippen LogP contribution in [0.15, 0.2) is 91.0 Å². The summed E-state index contributed by atoms with van der Waals surface area (Å²) in [4.78, 5) is 0. The van der Waals surface area contributed by atoms with Crippen LogP contribution in [0.5, 0.6) is 0 Å². The minimum atomic E-state index is -0.0588. The molecule has 0 aliphatic carbocycles. The Hall–Kier alpha value is -1.05. The third-order valence-corrected chi connectivity index (χ3v) is 5.79. The summed E-state index contributed by atoms with van der Waals surface area (Å²) >= 11 is 1.73. The van der Waals surface area contributed by atoms with Crippen LogP contribution in [0.4, 0.5) is 0 Å². The Morgan fingerprint density at radius 2 is 0.714 bits per heavy atom. The number of hydrogen-bond donors (Lipinski definition) is 0.